The molecule has 0 fully saturated rings. The van der Waals surface area contributed by atoms with Crippen LogP contribution >= 0.6 is 0 Å². The number of rotatable bonds is 7. The van der Waals surface area contributed by atoms with Gasteiger partial charge < -0.3 is 0 Å². The molecular formula is C90H120N5+5. The Bertz CT molecular complexity index is 4230. The SMILES string of the molecule is Cc1ccc(-c2ccc(C(C)(C)C)c[n+]2C)c(C)c1.Cc1ccc(-c2ccc(CC(C)C)c[n+]2C)c(C)c1.Cc1ccccc1-c1cc(C)c(C(C)(C)C)c[n+]1C.Cc1ccccc1-c1cc(C)c(C(C)(C)C)c[n+]1C.[2H]C([2H])([2H])c1ccc(-c2ccc(C(C)(C)C)c[n+]2C)c(C)c1. The van der Waals surface area contributed by atoms with Gasteiger partial charge in [0, 0.05) is 90.1 Å². The van der Waals surface area contributed by atoms with E-state index in [-0.39, 0.29) is 21.7 Å². The zero-order chi connectivity index (χ0) is 73.3. The maximum atomic E-state index is 7.51. The van der Waals surface area contributed by atoms with E-state index >= 15 is 0 Å². The normalized spacial score (nSPS) is 12.2. The summed E-state index contributed by atoms with van der Waals surface area (Å²) in [6.45, 7) is 48.8. The summed E-state index contributed by atoms with van der Waals surface area (Å²) in [6, 6.07) is 53.7. The van der Waals surface area contributed by atoms with Crippen molar-refractivity contribution in [3.05, 3.63) is 266 Å². The fourth-order valence-electron chi connectivity index (χ4n) is 12.7. The number of benzene rings is 5. The highest BCUT2D eigenvalue weighted by atomic mass is 14.9. The molecule has 0 atom stereocenters. The fraction of sp³-hybridized carbons (Fsp3) is 0.389. The van der Waals surface area contributed by atoms with Crippen molar-refractivity contribution in [3.63, 3.8) is 0 Å². The summed E-state index contributed by atoms with van der Waals surface area (Å²) >= 11 is 0. The first-order valence-electron chi connectivity index (χ1n) is 35.8. The standard InChI is InChI=1S/5C18H24N/c2*1-13-7-9-16(14(2)11-13)17-10-8-15(12-19(17)6)18(3,4)5;2*1-13-9-7-8-10-15(13)17-11-14(2)16(12-19(17)6)18(3,4)5;1-13(2)10-16-7-9-18(19(5)12-16)17-8-6-14(3)11-15(17)4/h4*7-12H,1-6H3;6-9,11-13H,10H2,1-5H3/q5*+1/i1D3;;;;. The number of hydrogen-bond donors (Lipinski definition) is 0. The van der Waals surface area contributed by atoms with E-state index in [1.807, 2.05) is 20.0 Å². The molecule has 5 aromatic heterocycles. The molecule has 5 heteroatoms. The smallest absolute Gasteiger partial charge is 0.201 e. The van der Waals surface area contributed by atoms with Crippen LogP contribution in [-0.2, 0) is 63.3 Å². The molecule has 0 radical (unpaired) electrons. The third kappa shape index (κ3) is 20.4. The minimum absolute atomic E-state index is 0.108. The number of aryl methyl sites for hydroxylation is 15. The Hall–Kier alpha value is -8.15. The van der Waals surface area contributed by atoms with E-state index in [2.05, 4.69) is 368 Å². The van der Waals surface area contributed by atoms with Crippen LogP contribution in [0.2, 0.25) is 0 Å². The Labute approximate surface area is 581 Å². The van der Waals surface area contributed by atoms with E-state index in [1.54, 1.807) is 12.1 Å². The highest BCUT2D eigenvalue weighted by Crippen LogP contribution is 2.32. The lowest BCUT2D eigenvalue weighted by molar-refractivity contribution is -0.661. The van der Waals surface area contributed by atoms with Crippen molar-refractivity contribution in [3.8, 4) is 56.3 Å². The predicted molar refractivity (Wildman–Crippen MR) is 406 cm³/mol. The van der Waals surface area contributed by atoms with Gasteiger partial charge in [-0.25, -0.2) is 22.8 Å². The second kappa shape index (κ2) is 31.6. The Balaban J connectivity index is 0.000000194. The average Bonchev–Trinajstić information content (AvgIpc) is 0.808. The molecular weight excluding hydrogens is 1150 g/mol. The second-order valence-electron chi connectivity index (χ2n) is 31.5. The van der Waals surface area contributed by atoms with Crippen LogP contribution in [0.15, 0.2) is 183 Å². The molecule has 0 aliphatic heterocycles. The highest BCUT2D eigenvalue weighted by Gasteiger charge is 2.26. The third-order valence-electron chi connectivity index (χ3n) is 18.1. The summed E-state index contributed by atoms with van der Waals surface area (Å²) in [5, 5.41) is 0. The van der Waals surface area contributed by atoms with Crippen LogP contribution in [0.3, 0.4) is 0 Å². The van der Waals surface area contributed by atoms with E-state index in [4.69, 9.17) is 4.11 Å². The van der Waals surface area contributed by atoms with Gasteiger partial charge in [0.2, 0.25) is 28.5 Å². The summed E-state index contributed by atoms with van der Waals surface area (Å²) in [6.07, 6.45) is 12.3. The Kier molecular flexibility index (Phi) is 23.7. The predicted octanol–water partition coefficient (Wildman–Crippen LogP) is 20.4. The Morgan fingerprint density at radius 3 is 0.926 bits per heavy atom. The molecule has 95 heavy (non-hydrogen) atoms. The molecule has 0 N–H and O–H groups in total. The lowest BCUT2D eigenvalue weighted by Crippen LogP contribution is -2.34. The number of hydrogen-bond acceptors (Lipinski definition) is 0. The molecule has 5 aromatic carbocycles. The molecule has 0 aliphatic rings. The van der Waals surface area contributed by atoms with Gasteiger partial charge in [-0.1, -0.05) is 186 Å². The zero-order valence-electron chi connectivity index (χ0n) is 66.8. The van der Waals surface area contributed by atoms with Crippen molar-refractivity contribution < 1.29 is 26.9 Å². The van der Waals surface area contributed by atoms with Crippen LogP contribution in [0, 0.1) is 75.1 Å². The van der Waals surface area contributed by atoms with Crippen LogP contribution in [0.5, 0.6) is 0 Å². The first kappa shape index (κ1) is 71.2. The lowest BCUT2D eigenvalue weighted by atomic mass is 9.84. The second-order valence-corrected chi connectivity index (χ2v) is 31.5. The summed E-state index contributed by atoms with van der Waals surface area (Å²) in [4.78, 5) is 0. The van der Waals surface area contributed by atoms with E-state index in [1.165, 1.54) is 117 Å². The molecule has 0 saturated heterocycles. The first-order chi connectivity index (χ1) is 45.4. The van der Waals surface area contributed by atoms with Gasteiger partial charge in [-0.05, 0) is 191 Å². The lowest BCUT2D eigenvalue weighted by Gasteiger charge is -2.20. The van der Waals surface area contributed by atoms with Crippen molar-refractivity contribution >= 4 is 0 Å². The fourth-order valence-corrected chi connectivity index (χ4v) is 12.7. The van der Waals surface area contributed by atoms with Crippen LogP contribution in [0.4, 0.5) is 0 Å². The summed E-state index contributed by atoms with van der Waals surface area (Å²) in [7, 11) is 10.6. The van der Waals surface area contributed by atoms with Crippen molar-refractivity contribution in [2.75, 3.05) is 0 Å². The van der Waals surface area contributed by atoms with Crippen molar-refractivity contribution in [2.45, 2.75) is 194 Å². The Morgan fingerprint density at radius 1 is 0.305 bits per heavy atom. The van der Waals surface area contributed by atoms with E-state index in [0.717, 1.165) is 23.2 Å². The van der Waals surface area contributed by atoms with Crippen LogP contribution in [0.1, 0.15) is 184 Å². The van der Waals surface area contributed by atoms with Crippen molar-refractivity contribution in [1.82, 2.24) is 0 Å². The van der Waals surface area contributed by atoms with Crippen LogP contribution < -0.4 is 22.8 Å². The zero-order valence-corrected chi connectivity index (χ0v) is 63.8. The largest absolute Gasteiger partial charge is 0.212 e. The summed E-state index contributed by atoms with van der Waals surface area (Å²) < 4.78 is 33.6. The third-order valence-corrected chi connectivity index (χ3v) is 18.1. The van der Waals surface area contributed by atoms with E-state index < -0.39 is 6.85 Å². The molecule has 0 saturated carbocycles. The van der Waals surface area contributed by atoms with E-state index in [9.17, 15) is 0 Å². The molecule has 0 aliphatic carbocycles. The monoisotopic (exact) mass is 1270 g/mol. The minimum atomic E-state index is -2.05. The van der Waals surface area contributed by atoms with Crippen molar-refractivity contribution in [2.24, 2.45) is 41.2 Å². The minimum Gasteiger partial charge on any atom is -0.201 e. The van der Waals surface area contributed by atoms with Gasteiger partial charge in [-0.2, -0.15) is 0 Å². The maximum Gasteiger partial charge on any atom is 0.212 e. The summed E-state index contributed by atoms with van der Waals surface area (Å²) in [5.41, 5.74) is 32.1. The molecule has 5 nitrogen and oxygen atoms in total. The molecule has 0 spiro atoms. The van der Waals surface area contributed by atoms with Gasteiger partial charge >= 0.3 is 0 Å². The first-order valence-corrected chi connectivity index (χ1v) is 34.3. The molecule has 10 aromatic rings. The molecule has 0 amide bonds. The van der Waals surface area contributed by atoms with Crippen LogP contribution in [0.25, 0.3) is 56.3 Å². The number of nitrogens with zero attached hydrogens (tertiary/aromatic N) is 5. The number of pyridine rings is 5. The molecule has 0 bridgehead atoms. The maximum absolute atomic E-state index is 7.51. The topological polar surface area (TPSA) is 19.4 Å². The molecule has 0 unspecified atom stereocenters. The van der Waals surface area contributed by atoms with Gasteiger partial charge in [-0.15, -0.1) is 0 Å². The van der Waals surface area contributed by atoms with Gasteiger partial charge in [0.25, 0.3) is 0 Å². The van der Waals surface area contributed by atoms with Gasteiger partial charge in [0.05, 0.1) is 0 Å². The molecule has 5 heterocycles. The average molecular weight is 1280 g/mol. The van der Waals surface area contributed by atoms with Gasteiger partial charge in [0.15, 0.2) is 31.0 Å². The van der Waals surface area contributed by atoms with Crippen LogP contribution in [-0.4, -0.2) is 0 Å². The quantitative estimate of drug-likeness (QED) is 0.142. The number of aromatic nitrogens is 5. The van der Waals surface area contributed by atoms with Crippen molar-refractivity contribution in [1.29, 1.82) is 0 Å². The Morgan fingerprint density at radius 2 is 0.621 bits per heavy atom. The summed E-state index contributed by atoms with van der Waals surface area (Å²) in [5.74, 6) is 0.701. The van der Waals surface area contributed by atoms with Gasteiger partial charge in [0.1, 0.15) is 35.2 Å². The highest BCUT2D eigenvalue weighted by molar-refractivity contribution is 5.65. The molecule has 10 rings (SSSR count). The van der Waals surface area contributed by atoms with E-state index in [0.29, 0.717) is 11.5 Å². The molecule has 500 valence electrons. The van der Waals surface area contributed by atoms with Gasteiger partial charge in [-0.3, -0.25) is 0 Å².